The highest BCUT2D eigenvalue weighted by Gasteiger charge is 2.83. The quantitative estimate of drug-likeness (QED) is 0.108. The van der Waals surface area contributed by atoms with Gasteiger partial charge in [0.05, 0.1) is 29.9 Å². The molecule has 16 heteroatoms. The van der Waals surface area contributed by atoms with Crippen LogP contribution in [0.1, 0.15) is 86.7 Å². The highest BCUT2D eigenvalue weighted by Crippen LogP contribution is 2.67. The third kappa shape index (κ3) is 7.18. The van der Waals surface area contributed by atoms with E-state index in [0.29, 0.717) is 16.7 Å². The molecule has 340 valence electrons. The van der Waals surface area contributed by atoms with Crippen molar-refractivity contribution in [2.75, 3.05) is 6.61 Å². The van der Waals surface area contributed by atoms with Crippen LogP contribution in [0.5, 0.6) is 0 Å². The summed E-state index contributed by atoms with van der Waals surface area (Å²) < 4.78 is 49.4. The van der Waals surface area contributed by atoms with Crippen molar-refractivity contribution in [2.24, 2.45) is 16.7 Å². The molecule has 4 fully saturated rings. The monoisotopic (exact) mass is 892 g/mol. The molecule has 2 bridgehead atoms. The summed E-state index contributed by atoms with van der Waals surface area (Å²) in [5.41, 5.74) is -6.32. The van der Waals surface area contributed by atoms with Gasteiger partial charge >= 0.3 is 36.0 Å². The number of carbonyl (C=O) groups excluding carboxylic acids is 8. The summed E-state index contributed by atoms with van der Waals surface area (Å²) in [5.74, 6) is -6.98. The maximum absolute atomic E-state index is 16.1. The van der Waals surface area contributed by atoms with Crippen LogP contribution in [0, 0.1) is 16.7 Å². The van der Waals surface area contributed by atoms with Gasteiger partial charge in [0.25, 0.3) is 0 Å². The summed E-state index contributed by atoms with van der Waals surface area (Å²) in [6.07, 6.45) is -11.2. The Balaban J connectivity index is 1.32. The first-order valence-electron chi connectivity index (χ1n) is 21.2. The standard InChI is InChI=1S/C49H48O16/c1-25-36-39(60-27(3)51)41(55)47(7)33(61-35(53)22-29-18-20-31(21-19-29)37(54)30-14-10-8-11-15-30)23-34-48(24-58-34,64-28(4)52)40(47)43(62-44(56)32-16-12-9-13-17-32)49(46(36,5)6)42(63-45(57)65-49)38(25)59-26(2)50/h8-21,33-34,38-40,42-43H,22-24H2,1-7H3/t33-,34+,38+,39+,40-,42-,43-,47+,48-,49+/m0/s1. The Morgan fingerprint density at radius 1 is 0.723 bits per heavy atom. The molecule has 3 aliphatic carbocycles. The second-order valence-corrected chi connectivity index (χ2v) is 17.9. The van der Waals surface area contributed by atoms with Crippen molar-refractivity contribution in [3.8, 4) is 0 Å². The molecule has 10 atom stereocenters. The van der Waals surface area contributed by atoms with Gasteiger partial charge in [-0.25, -0.2) is 9.59 Å². The highest BCUT2D eigenvalue weighted by atomic mass is 16.8. The Hall–Kier alpha value is -6.68. The van der Waals surface area contributed by atoms with E-state index in [1.54, 1.807) is 86.6 Å². The molecule has 0 aromatic heterocycles. The Morgan fingerprint density at radius 2 is 1.32 bits per heavy atom. The van der Waals surface area contributed by atoms with E-state index in [4.69, 9.17) is 37.9 Å². The van der Waals surface area contributed by atoms with Crippen LogP contribution < -0.4 is 0 Å². The van der Waals surface area contributed by atoms with Gasteiger partial charge < -0.3 is 37.9 Å². The molecule has 2 aliphatic heterocycles. The molecule has 16 nitrogen and oxygen atoms in total. The summed E-state index contributed by atoms with van der Waals surface area (Å²) in [5, 5.41) is 0. The van der Waals surface area contributed by atoms with E-state index in [9.17, 15) is 33.6 Å². The molecule has 65 heavy (non-hydrogen) atoms. The number of ketones is 2. The lowest BCUT2D eigenvalue weighted by atomic mass is 9.44. The second kappa shape index (κ2) is 16.4. The molecular weight excluding hydrogens is 845 g/mol. The maximum Gasteiger partial charge on any atom is 0.509 e. The lowest BCUT2D eigenvalue weighted by molar-refractivity contribution is -0.346. The van der Waals surface area contributed by atoms with Gasteiger partial charge in [0.15, 0.2) is 41.6 Å². The normalized spacial score (nSPS) is 31.6. The van der Waals surface area contributed by atoms with E-state index in [1.165, 1.54) is 26.0 Å². The van der Waals surface area contributed by atoms with Crippen LogP contribution in [0.25, 0.3) is 0 Å². The number of Topliss-reactive ketones (excluding diaryl/α,β-unsaturated/α-hetero) is 1. The Labute approximate surface area is 373 Å². The molecule has 8 rings (SSSR count). The molecule has 3 aromatic rings. The van der Waals surface area contributed by atoms with Gasteiger partial charge in [0.1, 0.15) is 12.2 Å². The van der Waals surface area contributed by atoms with E-state index in [2.05, 4.69) is 0 Å². The van der Waals surface area contributed by atoms with E-state index in [1.807, 2.05) is 0 Å². The van der Waals surface area contributed by atoms with Crippen molar-refractivity contribution in [1.82, 2.24) is 0 Å². The Bertz CT molecular complexity index is 2510. The molecule has 0 amide bonds. The predicted molar refractivity (Wildman–Crippen MR) is 223 cm³/mol. The van der Waals surface area contributed by atoms with Gasteiger partial charge in [0, 0.05) is 43.7 Å². The zero-order chi connectivity index (χ0) is 46.8. The minimum Gasteiger partial charge on any atom is -0.461 e. The number of carbonyl (C=O) groups is 8. The average Bonchev–Trinajstić information content (AvgIpc) is 3.62. The van der Waals surface area contributed by atoms with Crippen molar-refractivity contribution in [1.29, 1.82) is 0 Å². The molecule has 2 saturated carbocycles. The first-order valence-corrected chi connectivity index (χ1v) is 21.2. The van der Waals surface area contributed by atoms with E-state index in [-0.39, 0.29) is 41.9 Å². The first-order chi connectivity index (χ1) is 30.8. The number of ether oxygens (including phenoxy) is 8. The van der Waals surface area contributed by atoms with Gasteiger partial charge in [0.2, 0.25) is 5.60 Å². The minimum atomic E-state index is -2.26. The van der Waals surface area contributed by atoms with Gasteiger partial charge in [-0.3, -0.25) is 28.8 Å². The van der Waals surface area contributed by atoms with Gasteiger partial charge in [-0.05, 0) is 42.7 Å². The van der Waals surface area contributed by atoms with Crippen LogP contribution in [-0.2, 0) is 68.3 Å². The molecule has 0 radical (unpaired) electrons. The van der Waals surface area contributed by atoms with E-state index in [0.717, 1.165) is 20.8 Å². The summed E-state index contributed by atoms with van der Waals surface area (Å²) in [7, 11) is 0. The Kier molecular flexibility index (Phi) is 11.3. The largest absolute Gasteiger partial charge is 0.509 e. The zero-order valence-electron chi connectivity index (χ0n) is 36.8. The van der Waals surface area contributed by atoms with Crippen molar-refractivity contribution < 1.29 is 76.3 Å². The maximum atomic E-state index is 16.1. The number of hydrogen-bond donors (Lipinski definition) is 0. The van der Waals surface area contributed by atoms with Crippen LogP contribution >= 0.6 is 0 Å². The number of rotatable bonds is 10. The molecule has 0 N–H and O–H groups in total. The van der Waals surface area contributed by atoms with E-state index >= 15 is 4.79 Å². The molecule has 5 aliphatic rings. The van der Waals surface area contributed by atoms with Gasteiger partial charge in [-0.1, -0.05) is 86.6 Å². The third-order valence-electron chi connectivity index (χ3n) is 13.8. The summed E-state index contributed by atoms with van der Waals surface area (Å²) >= 11 is 0. The fourth-order valence-corrected chi connectivity index (χ4v) is 11.0. The molecule has 2 heterocycles. The molecule has 1 spiro atoms. The predicted octanol–water partition coefficient (Wildman–Crippen LogP) is 5.40. The van der Waals surface area contributed by atoms with E-state index < -0.39 is 106 Å². The number of fused-ring (bicyclic) bond motifs is 4. The van der Waals surface area contributed by atoms with Crippen molar-refractivity contribution in [3.63, 3.8) is 0 Å². The van der Waals surface area contributed by atoms with Crippen LogP contribution in [0.4, 0.5) is 4.79 Å². The highest BCUT2D eigenvalue weighted by molar-refractivity contribution is 6.09. The van der Waals surface area contributed by atoms with Crippen molar-refractivity contribution >= 4 is 47.6 Å². The third-order valence-corrected chi connectivity index (χ3v) is 13.8. The smallest absolute Gasteiger partial charge is 0.461 e. The summed E-state index contributed by atoms with van der Waals surface area (Å²) in [6.45, 7) is 9.16. The zero-order valence-corrected chi connectivity index (χ0v) is 36.8. The summed E-state index contributed by atoms with van der Waals surface area (Å²) in [6, 6.07) is 22.9. The SMILES string of the molecule is CC(=O)O[C@H]1C(=O)[C@]2(C)[C@@H](OC(=O)Cc3ccc(C(=O)c4ccccc4)cc3)C[C@H]3OC[C@@]3(OC(C)=O)[C@H]2[C@H](OC(=O)c2ccccc2)[C@]23OC(=O)O[C@H]2[C@H](OC(C)=O)C(C)=C1C3(C)C. The molecule has 0 unspecified atom stereocenters. The fourth-order valence-electron chi connectivity index (χ4n) is 11.0. The molecular formula is C49H48O16. The molecule has 2 saturated heterocycles. The number of benzene rings is 3. The van der Waals surface area contributed by atoms with Crippen LogP contribution in [0.2, 0.25) is 0 Å². The minimum absolute atomic E-state index is 0.0441. The number of esters is 5. The number of hydrogen-bond acceptors (Lipinski definition) is 16. The van der Waals surface area contributed by atoms with Crippen molar-refractivity contribution in [2.45, 2.75) is 109 Å². The van der Waals surface area contributed by atoms with Crippen LogP contribution in [-0.4, -0.2) is 102 Å². The lowest BCUT2D eigenvalue weighted by Gasteiger charge is -2.67. The van der Waals surface area contributed by atoms with Gasteiger partial charge in [-0.15, -0.1) is 0 Å². The van der Waals surface area contributed by atoms with Gasteiger partial charge in [-0.2, -0.15) is 0 Å². The van der Waals surface area contributed by atoms with Crippen LogP contribution in [0.3, 0.4) is 0 Å². The first kappa shape index (κ1) is 44.9. The topological polar surface area (TPSA) is 210 Å². The summed E-state index contributed by atoms with van der Waals surface area (Å²) in [4.78, 5) is 111. The average molecular weight is 893 g/mol. The Morgan fingerprint density at radius 3 is 1.89 bits per heavy atom. The molecule has 3 aromatic carbocycles. The van der Waals surface area contributed by atoms with Crippen LogP contribution in [0.15, 0.2) is 96.1 Å². The second-order valence-electron chi connectivity index (χ2n) is 17.9. The van der Waals surface area contributed by atoms with Crippen molar-refractivity contribution in [3.05, 3.63) is 118 Å². The lowest BCUT2D eigenvalue weighted by Crippen LogP contribution is -2.83. The fraction of sp³-hybridized carbons (Fsp3) is 0.429.